The third kappa shape index (κ3) is 2.85. The fraction of sp³-hybridized carbons (Fsp3) is 0.364. The van der Waals surface area contributed by atoms with Crippen molar-refractivity contribution >= 4 is 43.2 Å². The maximum Gasteiger partial charge on any atom is 0.0981 e. The maximum atomic E-state index is 5.72. The van der Waals surface area contributed by atoms with E-state index in [4.69, 9.17) is 5.84 Å². The first kappa shape index (κ1) is 14.2. The van der Waals surface area contributed by atoms with Gasteiger partial charge in [-0.1, -0.05) is 6.92 Å². The number of nitrogens with two attached hydrogens (primary N) is 1. The number of aromatic nitrogens is 2. The first-order valence-electron chi connectivity index (χ1n) is 5.60. The molecule has 0 bridgehead atoms. The van der Waals surface area contributed by atoms with E-state index in [0.29, 0.717) is 0 Å². The highest BCUT2D eigenvalue weighted by atomic mass is 79.9. The maximum absolute atomic E-state index is 5.72. The Hall–Kier alpha value is -0.210. The molecular weight excluding hydrogens is 380 g/mol. The summed E-state index contributed by atoms with van der Waals surface area (Å²) in [6, 6.07) is 4.04. The number of nitrogens with zero attached hydrogens (tertiary/aromatic N) is 2. The fourth-order valence-corrected chi connectivity index (χ4v) is 3.84. The van der Waals surface area contributed by atoms with Gasteiger partial charge in [-0.15, -0.1) is 11.3 Å². The van der Waals surface area contributed by atoms with Gasteiger partial charge in [0.15, 0.2) is 0 Å². The Morgan fingerprint density at radius 1 is 1.50 bits per heavy atom. The van der Waals surface area contributed by atoms with Crippen LogP contribution in [0.4, 0.5) is 0 Å². The molecule has 0 aliphatic rings. The van der Waals surface area contributed by atoms with Crippen LogP contribution in [0.2, 0.25) is 0 Å². The molecule has 7 heteroatoms. The summed E-state index contributed by atoms with van der Waals surface area (Å²) in [6.07, 6.45) is 2.85. The zero-order valence-corrected chi connectivity index (χ0v) is 13.8. The molecule has 0 saturated heterocycles. The van der Waals surface area contributed by atoms with Crippen LogP contribution in [0.5, 0.6) is 0 Å². The minimum absolute atomic E-state index is 0.0512. The first-order valence-corrected chi connectivity index (χ1v) is 8.00. The van der Waals surface area contributed by atoms with Gasteiger partial charge in [0.25, 0.3) is 0 Å². The van der Waals surface area contributed by atoms with Gasteiger partial charge in [-0.25, -0.2) is 5.43 Å². The molecular formula is C11H14Br2N4S. The molecule has 0 spiro atoms. The van der Waals surface area contributed by atoms with Crippen LogP contribution in [0, 0.1) is 0 Å². The van der Waals surface area contributed by atoms with Gasteiger partial charge in [0.2, 0.25) is 0 Å². The number of aryl methyl sites for hydroxylation is 1. The minimum atomic E-state index is -0.0512. The fourth-order valence-electron chi connectivity index (χ4n) is 1.83. The number of nitrogens with one attached hydrogen (secondary N) is 1. The molecule has 2 aromatic heterocycles. The summed E-state index contributed by atoms with van der Waals surface area (Å²) in [5, 5.41) is 4.37. The van der Waals surface area contributed by atoms with Gasteiger partial charge in [-0.2, -0.15) is 5.10 Å². The summed E-state index contributed by atoms with van der Waals surface area (Å²) in [7, 11) is 0. The average Bonchev–Trinajstić information content (AvgIpc) is 2.91. The molecule has 0 fully saturated rings. The summed E-state index contributed by atoms with van der Waals surface area (Å²) in [6.45, 7) is 3.01. The van der Waals surface area contributed by atoms with Crippen LogP contribution in [0.1, 0.15) is 30.0 Å². The second-order valence-electron chi connectivity index (χ2n) is 3.84. The van der Waals surface area contributed by atoms with Crippen LogP contribution in [-0.2, 0) is 6.54 Å². The van der Waals surface area contributed by atoms with Gasteiger partial charge in [-0.3, -0.25) is 10.5 Å². The van der Waals surface area contributed by atoms with E-state index < -0.39 is 0 Å². The Kier molecular flexibility index (Phi) is 4.97. The highest BCUT2D eigenvalue weighted by Gasteiger charge is 2.22. The van der Waals surface area contributed by atoms with Crippen LogP contribution < -0.4 is 11.3 Å². The van der Waals surface area contributed by atoms with Crippen molar-refractivity contribution in [2.24, 2.45) is 5.84 Å². The Morgan fingerprint density at radius 2 is 2.28 bits per heavy atom. The van der Waals surface area contributed by atoms with Crippen molar-refractivity contribution in [3.8, 4) is 0 Å². The molecule has 1 unspecified atom stereocenters. The number of halogens is 2. The molecule has 1 atom stereocenters. The van der Waals surface area contributed by atoms with E-state index in [9.17, 15) is 0 Å². The molecule has 0 amide bonds. The second kappa shape index (κ2) is 6.29. The predicted molar refractivity (Wildman–Crippen MR) is 81.4 cm³/mol. The van der Waals surface area contributed by atoms with Gasteiger partial charge in [0, 0.05) is 11.4 Å². The number of hydrazine groups is 1. The van der Waals surface area contributed by atoms with E-state index in [-0.39, 0.29) is 6.04 Å². The molecule has 0 aliphatic carbocycles. The smallest absolute Gasteiger partial charge is 0.0981 e. The highest BCUT2D eigenvalue weighted by Crippen LogP contribution is 2.34. The Balaban J connectivity index is 2.41. The molecule has 4 nitrogen and oxygen atoms in total. The molecule has 0 aliphatic heterocycles. The SMILES string of the molecule is CCCn1ncc(Br)c1C(NN)c1ccc(Br)s1. The standard InChI is InChI=1S/C11H14Br2N4S/c1-2-5-17-11(7(12)6-15-17)10(16-14)8-3-4-9(13)18-8/h3-4,6,10,16H,2,5,14H2,1H3. The Morgan fingerprint density at radius 3 is 2.83 bits per heavy atom. The van der Waals surface area contributed by atoms with E-state index in [0.717, 1.165) is 31.8 Å². The van der Waals surface area contributed by atoms with Gasteiger partial charge >= 0.3 is 0 Å². The van der Waals surface area contributed by atoms with Gasteiger partial charge in [0.05, 0.1) is 26.2 Å². The molecule has 98 valence electrons. The molecule has 3 N–H and O–H groups in total. The van der Waals surface area contributed by atoms with Crippen molar-refractivity contribution in [3.63, 3.8) is 0 Å². The highest BCUT2D eigenvalue weighted by molar-refractivity contribution is 9.11. The van der Waals surface area contributed by atoms with Crippen LogP contribution >= 0.6 is 43.2 Å². The van der Waals surface area contributed by atoms with Crippen LogP contribution in [0.15, 0.2) is 26.6 Å². The normalized spacial score (nSPS) is 12.9. The van der Waals surface area contributed by atoms with E-state index >= 15 is 0 Å². The van der Waals surface area contributed by atoms with E-state index in [1.54, 1.807) is 11.3 Å². The number of thiophene rings is 1. The number of hydrogen-bond acceptors (Lipinski definition) is 4. The molecule has 0 saturated carbocycles. The monoisotopic (exact) mass is 392 g/mol. The summed E-state index contributed by atoms with van der Waals surface area (Å²) in [5.74, 6) is 5.72. The zero-order valence-electron chi connectivity index (χ0n) is 9.86. The lowest BCUT2D eigenvalue weighted by atomic mass is 10.2. The van der Waals surface area contributed by atoms with Gasteiger partial charge in [0.1, 0.15) is 0 Å². The van der Waals surface area contributed by atoms with Crippen molar-refractivity contribution in [2.45, 2.75) is 25.9 Å². The summed E-state index contributed by atoms with van der Waals surface area (Å²) in [5.41, 5.74) is 3.94. The van der Waals surface area contributed by atoms with Crippen molar-refractivity contribution in [1.82, 2.24) is 15.2 Å². The number of rotatable bonds is 5. The molecule has 18 heavy (non-hydrogen) atoms. The van der Waals surface area contributed by atoms with E-state index in [2.05, 4.69) is 55.4 Å². The minimum Gasteiger partial charge on any atom is -0.270 e. The third-order valence-electron chi connectivity index (χ3n) is 2.59. The Labute approximate surface area is 127 Å². The Bertz CT molecular complexity index is 523. The topological polar surface area (TPSA) is 55.9 Å². The van der Waals surface area contributed by atoms with Crippen molar-refractivity contribution in [1.29, 1.82) is 0 Å². The summed E-state index contributed by atoms with van der Waals surface area (Å²) in [4.78, 5) is 1.16. The largest absolute Gasteiger partial charge is 0.270 e. The van der Waals surface area contributed by atoms with Crippen LogP contribution in [0.3, 0.4) is 0 Å². The van der Waals surface area contributed by atoms with Crippen molar-refractivity contribution < 1.29 is 0 Å². The predicted octanol–water partition coefficient (Wildman–Crippen LogP) is 3.43. The number of hydrogen-bond donors (Lipinski definition) is 2. The molecule has 0 radical (unpaired) electrons. The van der Waals surface area contributed by atoms with Crippen molar-refractivity contribution in [2.75, 3.05) is 0 Å². The van der Waals surface area contributed by atoms with Crippen LogP contribution in [0.25, 0.3) is 0 Å². The third-order valence-corrected chi connectivity index (χ3v) is 4.89. The first-order chi connectivity index (χ1) is 8.67. The molecule has 2 aromatic rings. The molecule has 0 aromatic carbocycles. The quantitative estimate of drug-likeness (QED) is 0.604. The van der Waals surface area contributed by atoms with Crippen LogP contribution in [-0.4, -0.2) is 9.78 Å². The zero-order chi connectivity index (χ0) is 13.1. The second-order valence-corrected chi connectivity index (χ2v) is 7.19. The van der Waals surface area contributed by atoms with Crippen molar-refractivity contribution in [3.05, 3.63) is 37.2 Å². The lowest BCUT2D eigenvalue weighted by Crippen LogP contribution is -2.30. The molecule has 2 heterocycles. The summed E-state index contributed by atoms with van der Waals surface area (Å²) >= 11 is 8.69. The average molecular weight is 394 g/mol. The lowest BCUT2D eigenvalue weighted by Gasteiger charge is -2.17. The van der Waals surface area contributed by atoms with E-state index in [1.807, 2.05) is 16.9 Å². The lowest BCUT2D eigenvalue weighted by molar-refractivity contribution is 0.523. The van der Waals surface area contributed by atoms with Gasteiger partial charge in [-0.05, 0) is 50.4 Å². The summed E-state index contributed by atoms with van der Waals surface area (Å²) < 4.78 is 4.06. The van der Waals surface area contributed by atoms with E-state index in [1.165, 1.54) is 0 Å². The van der Waals surface area contributed by atoms with Gasteiger partial charge < -0.3 is 0 Å². The molecule has 2 rings (SSSR count).